The fourth-order valence-corrected chi connectivity index (χ4v) is 3.30. The van der Waals surface area contributed by atoms with Crippen LogP contribution < -0.4 is 5.32 Å². The number of nitrogens with one attached hydrogen (secondary N) is 1. The SMILES string of the molecule is CN(C)CCNc1nc2cc(F)ccc2c2c1C(=O)c1ccccc1-2.Cl.Cl. The lowest BCUT2D eigenvalue weighted by atomic mass is 10.0. The van der Waals surface area contributed by atoms with Crippen molar-refractivity contribution in [1.82, 2.24) is 9.88 Å². The van der Waals surface area contributed by atoms with E-state index in [9.17, 15) is 9.18 Å². The number of hydrogen-bond acceptors (Lipinski definition) is 4. The number of halogens is 3. The zero-order valence-electron chi connectivity index (χ0n) is 15.0. The quantitative estimate of drug-likeness (QED) is 0.544. The van der Waals surface area contributed by atoms with Crippen molar-refractivity contribution in [2.75, 3.05) is 32.5 Å². The lowest BCUT2D eigenvalue weighted by Crippen LogP contribution is -2.22. The van der Waals surface area contributed by atoms with Gasteiger partial charge in [-0.25, -0.2) is 9.37 Å². The van der Waals surface area contributed by atoms with Crippen LogP contribution >= 0.6 is 24.8 Å². The summed E-state index contributed by atoms with van der Waals surface area (Å²) in [7, 11) is 3.96. The third-order valence-corrected chi connectivity index (χ3v) is 4.47. The molecule has 0 amide bonds. The molecule has 1 aliphatic rings. The van der Waals surface area contributed by atoms with E-state index in [1.54, 1.807) is 6.07 Å². The second kappa shape index (κ2) is 8.21. The Kier molecular flexibility index (Phi) is 6.42. The largest absolute Gasteiger partial charge is 0.368 e. The van der Waals surface area contributed by atoms with Crippen molar-refractivity contribution >= 4 is 47.3 Å². The van der Waals surface area contributed by atoms with Crippen LogP contribution in [0.25, 0.3) is 22.0 Å². The highest BCUT2D eigenvalue weighted by Crippen LogP contribution is 2.43. The number of pyridine rings is 1. The molecular weight excluding hydrogens is 388 g/mol. The summed E-state index contributed by atoms with van der Waals surface area (Å²) in [4.78, 5) is 19.5. The van der Waals surface area contributed by atoms with E-state index in [0.717, 1.165) is 23.1 Å². The first kappa shape index (κ1) is 21.1. The molecule has 0 fully saturated rings. The molecule has 7 heteroatoms. The Hall–Kier alpha value is -2.21. The maximum atomic E-state index is 13.7. The summed E-state index contributed by atoms with van der Waals surface area (Å²) in [5.74, 6) is 0.157. The minimum Gasteiger partial charge on any atom is -0.368 e. The fourth-order valence-electron chi connectivity index (χ4n) is 3.30. The predicted molar refractivity (Wildman–Crippen MR) is 112 cm³/mol. The zero-order valence-corrected chi connectivity index (χ0v) is 16.6. The van der Waals surface area contributed by atoms with Gasteiger partial charge in [0.25, 0.3) is 0 Å². The van der Waals surface area contributed by atoms with Gasteiger partial charge in [0.15, 0.2) is 5.78 Å². The topological polar surface area (TPSA) is 45.2 Å². The summed E-state index contributed by atoms with van der Waals surface area (Å²) < 4.78 is 13.7. The molecule has 2 aromatic carbocycles. The summed E-state index contributed by atoms with van der Waals surface area (Å²) >= 11 is 0. The summed E-state index contributed by atoms with van der Waals surface area (Å²) in [6.45, 7) is 1.45. The molecule has 0 radical (unpaired) electrons. The Morgan fingerprint density at radius 2 is 1.74 bits per heavy atom. The van der Waals surface area contributed by atoms with Crippen molar-refractivity contribution < 1.29 is 9.18 Å². The Bertz CT molecular complexity index is 1010. The molecule has 0 spiro atoms. The van der Waals surface area contributed by atoms with Crippen LogP contribution in [0, 0.1) is 5.82 Å². The van der Waals surface area contributed by atoms with Gasteiger partial charge in [0.2, 0.25) is 0 Å². The molecule has 0 saturated carbocycles. The van der Waals surface area contributed by atoms with Gasteiger partial charge in [-0.15, -0.1) is 24.8 Å². The van der Waals surface area contributed by atoms with Crippen LogP contribution in [0.3, 0.4) is 0 Å². The number of hydrogen-bond donors (Lipinski definition) is 1. The Labute approximate surface area is 169 Å². The molecule has 4 nitrogen and oxygen atoms in total. The average Bonchev–Trinajstić information content (AvgIpc) is 2.88. The molecule has 1 N–H and O–H groups in total. The number of ketones is 1. The minimum atomic E-state index is -0.336. The monoisotopic (exact) mass is 407 g/mol. The number of likely N-dealkylation sites (N-methyl/N-ethyl adjacent to an activating group) is 1. The van der Waals surface area contributed by atoms with E-state index < -0.39 is 0 Å². The molecule has 142 valence electrons. The molecule has 0 unspecified atom stereocenters. The van der Waals surface area contributed by atoms with Gasteiger partial charge in [0.05, 0.1) is 11.1 Å². The first-order chi connectivity index (χ1) is 12.1. The van der Waals surface area contributed by atoms with Gasteiger partial charge in [-0.1, -0.05) is 24.3 Å². The number of rotatable bonds is 4. The van der Waals surface area contributed by atoms with Crippen molar-refractivity contribution in [3.05, 3.63) is 59.4 Å². The highest BCUT2D eigenvalue weighted by molar-refractivity contribution is 6.27. The van der Waals surface area contributed by atoms with Crippen molar-refractivity contribution in [3.8, 4) is 11.1 Å². The zero-order chi connectivity index (χ0) is 17.6. The maximum Gasteiger partial charge on any atom is 0.198 e. The van der Waals surface area contributed by atoms with Crippen LogP contribution in [0.2, 0.25) is 0 Å². The second-order valence-corrected chi connectivity index (χ2v) is 6.48. The molecular formula is C20H20Cl2FN3O. The fraction of sp³-hybridized carbons (Fsp3) is 0.200. The van der Waals surface area contributed by atoms with Crippen LogP contribution in [-0.2, 0) is 0 Å². The lowest BCUT2D eigenvalue weighted by molar-refractivity contribution is 0.104. The van der Waals surface area contributed by atoms with E-state index in [1.165, 1.54) is 12.1 Å². The third-order valence-electron chi connectivity index (χ3n) is 4.47. The van der Waals surface area contributed by atoms with Gasteiger partial charge in [-0.3, -0.25) is 4.79 Å². The van der Waals surface area contributed by atoms with Crippen molar-refractivity contribution in [2.45, 2.75) is 0 Å². The second-order valence-electron chi connectivity index (χ2n) is 6.48. The van der Waals surface area contributed by atoms with E-state index in [2.05, 4.69) is 10.3 Å². The van der Waals surface area contributed by atoms with Crippen molar-refractivity contribution in [3.63, 3.8) is 0 Å². The number of benzene rings is 2. The standard InChI is InChI=1S/C20H18FN3O.2ClH/c1-24(2)10-9-22-20-18-17(13-5-3-4-6-14(13)19(18)25)15-8-7-12(21)11-16(15)23-20;;/h3-8,11H,9-10H2,1-2H3,(H,22,23);2*1H. The Morgan fingerprint density at radius 3 is 2.44 bits per heavy atom. The predicted octanol–water partition coefficient (Wildman–Crippen LogP) is 4.40. The normalized spacial score (nSPS) is 11.6. The van der Waals surface area contributed by atoms with Crippen LogP contribution in [0.4, 0.5) is 10.2 Å². The highest BCUT2D eigenvalue weighted by atomic mass is 35.5. The van der Waals surface area contributed by atoms with Gasteiger partial charge < -0.3 is 10.2 Å². The molecule has 1 aliphatic carbocycles. The van der Waals surface area contributed by atoms with Crippen LogP contribution in [0.15, 0.2) is 42.5 Å². The van der Waals surface area contributed by atoms with Gasteiger partial charge in [0.1, 0.15) is 11.6 Å². The highest BCUT2D eigenvalue weighted by Gasteiger charge is 2.31. The van der Waals surface area contributed by atoms with Crippen molar-refractivity contribution in [2.24, 2.45) is 0 Å². The van der Waals surface area contributed by atoms with Crippen LogP contribution in [-0.4, -0.2) is 42.9 Å². The molecule has 0 bridgehead atoms. The van der Waals surface area contributed by atoms with E-state index >= 15 is 0 Å². The van der Waals surface area contributed by atoms with Gasteiger partial charge >= 0.3 is 0 Å². The minimum absolute atomic E-state index is 0. The van der Waals surface area contributed by atoms with Crippen LogP contribution in [0.1, 0.15) is 15.9 Å². The van der Waals surface area contributed by atoms with Gasteiger partial charge in [-0.2, -0.15) is 0 Å². The lowest BCUT2D eigenvalue weighted by Gasteiger charge is -2.14. The summed E-state index contributed by atoms with van der Waals surface area (Å²) in [5, 5.41) is 4.06. The number of aromatic nitrogens is 1. The van der Waals surface area contributed by atoms with E-state index in [4.69, 9.17) is 0 Å². The summed E-state index contributed by atoms with van der Waals surface area (Å²) in [6, 6.07) is 12.1. The first-order valence-electron chi connectivity index (χ1n) is 8.22. The third kappa shape index (κ3) is 3.63. The molecule has 3 aromatic rings. The summed E-state index contributed by atoms with van der Waals surface area (Å²) in [6.07, 6.45) is 0. The van der Waals surface area contributed by atoms with E-state index in [1.807, 2.05) is 43.3 Å². The average molecular weight is 408 g/mol. The molecule has 1 aromatic heterocycles. The van der Waals surface area contributed by atoms with Gasteiger partial charge in [0, 0.05) is 35.7 Å². The number of carbonyl (C=O) groups excluding carboxylic acids is 1. The van der Waals surface area contributed by atoms with Gasteiger partial charge in [-0.05, 0) is 31.8 Å². The Morgan fingerprint density at radius 1 is 1.04 bits per heavy atom. The molecule has 27 heavy (non-hydrogen) atoms. The molecule has 0 aliphatic heterocycles. The summed E-state index contributed by atoms with van der Waals surface area (Å²) in [5.41, 5.74) is 3.54. The molecule has 0 saturated heterocycles. The molecule has 4 rings (SSSR count). The van der Waals surface area contributed by atoms with Crippen LogP contribution in [0.5, 0.6) is 0 Å². The first-order valence-corrected chi connectivity index (χ1v) is 8.22. The number of fused-ring (bicyclic) bond motifs is 5. The number of carbonyl (C=O) groups is 1. The molecule has 0 atom stereocenters. The van der Waals surface area contributed by atoms with E-state index in [-0.39, 0.29) is 36.4 Å². The maximum absolute atomic E-state index is 13.7. The number of nitrogens with zero attached hydrogens (tertiary/aromatic N) is 2. The van der Waals surface area contributed by atoms with Crippen molar-refractivity contribution in [1.29, 1.82) is 0 Å². The number of anilines is 1. The van der Waals surface area contributed by atoms with E-state index in [0.29, 0.717) is 29.0 Å². The smallest absolute Gasteiger partial charge is 0.198 e. The molecule has 1 heterocycles. The Balaban J connectivity index is 0.00000131.